The van der Waals surface area contributed by atoms with Crippen LogP contribution in [-0.4, -0.2) is 50.2 Å². The molecule has 30 heavy (non-hydrogen) atoms. The third kappa shape index (κ3) is 5.30. The first kappa shape index (κ1) is 23.7. The molecule has 1 unspecified atom stereocenters. The van der Waals surface area contributed by atoms with Gasteiger partial charge in [0.1, 0.15) is 6.04 Å². The molecule has 0 saturated carbocycles. The number of methoxy groups -OCH3 is 3. The van der Waals surface area contributed by atoms with Gasteiger partial charge in [-0.25, -0.2) is 14.4 Å². The van der Waals surface area contributed by atoms with E-state index in [-0.39, 0.29) is 17.1 Å². The molecule has 0 bridgehead atoms. The molecule has 8 heteroatoms. The summed E-state index contributed by atoms with van der Waals surface area (Å²) in [6, 6.07) is 6.55. The molecule has 0 amide bonds. The van der Waals surface area contributed by atoms with Gasteiger partial charge in [0.15, 0.2) is 0 Å². The molecule has 1 aliphatic heterocycles. The Balaban J connectivity index is 2.66. The van der Waals surface area contributed by atoms with E-state index in [1.165, 1.54) is 21.3 Å². The van der Waals surface area contributed by atoms with Crippen molar-refractivity contribution >= 4 is 33.8 Å². The first-order chi connectivity index (χ1) is 14.2. The zero-order valence-electron chi connectivity index (χ0n) is 17.7. The summed E-state index contributed by atoms with van der Waals surface area (Å²) in [7, 11) is 3.85. The Morgan fingerprint density at radius 1 is 0.933 bits per heavy atom. The minimum Gasteiger partial charge on any atom is -0.467 e. The predicted octanol–water partition coefficient (Wildman–Crippen LogP) is 3.55. The lowest BCUT2D eigenvalue weighted by molar-refractivity contribution is -0.146. The maximum atomic E-state index is 12.7. The van der Waals surface area contributed by atoms with Crippen LogP contribution in [0.15, 0.2) is 52.3 Å². The summed E-state index contributed by atoms with van der Waals surface area (Å²) < 4.78 is 15.8. The van der Waals surface area contributed by atoms with E-state index in [1.807, 2.05) is 38.1 Å². The van der Waals surface area contributed by atoms with Gasteiger partial charge in [-0.15, -0.1) is 0 Å². The second-order valence-electron chi connectivity index (χ2n) is 7.25. The number of carbonyl (C=O) groups is 3. The summed E-state index contributed by atoms with van der Waals surface area (Å²) in [5.41, 5.74) is 1.16. The molecule has 1 atom stereocenters. The third-order valence-corrected chi connectivity index (χ3v) is 5.30. The van der Waals surface area contributed by atoms with Crippen LogP contribution in [0.3, 0.4) is 0 Å². The van der Waals surface area contributed by atoms with Crippen LogP contribution in [-0.2, 0) is 28.6 Å². The largest absolute Gasteiger partial charge is 0.467 e. The van der Waals surface area contributed by atoms with Crippen LogP contribution in [0, 0.1) is 5.92 Å². The zero-order chi connectivity index (χ0) is 22.4. The van der Waals surface area contributed by atoms with Crippen molar-refractivity contribution in [1.82, 2.24) is 4.90 Å². The van der Waals surface area contributed by atoms with Gasteiger partial charge in [-0.3, -0.25) is 0 Å². The van der Waals surface area contributed by atoms with Crippen LogP contribution >= 0.6 is 15.9 Å². The van der Waals surface area contributed by atoms with E-state index < -0.39 is 29.9 Å². The summed E-state index contributed by atoms with van der Waals surface area (Å²) in [6.45, 7) is 3.95. The lowest BCUT2D eigenvalue weighted by Crippen LogP contribution is -2.40. The van der Waals surface area contributed by atoms with Gasteiger partial charge in [-0.2, -0.15) is 0 Å². The monoisotopic (exact) mass is 479 g/mol. The van der Waals surface area contributed by atoms with Crippen LogP contribution < -0.4 is 0 Å². The molecule has 1 aromatic carbocycles. The first-order valence-corrected chi connectivity index (χ1v) is 10.2. The summed E-state index contributed by atoms with van der Waals surface area (Å²) >= 11 is 3.39. The molecule has 1 aliphatic rings. The van der Waals surface area contributed by atoms with Gasteiger partial charge in [0.2, 0.25) is 0 Å². The van der Waals surface area contributed by atoms with Crippen LogP contribution in [0.5, 0.6) is 0 Å². The Bertz CT molecular complexity index is 825. The average Bonchev–Trinajstić information content (AvgIpc) is 2.75. The normalized spacial score (nSPS) is 15.2. The Hall–Kier alpha value is -2.61. The smallest absolute Gasteiger partial charge is 0.336 e. The lowest BCUT2D eigenvalue weighted by atomic mass is 9.83. The van der Waals surface area contributed by atoms with E-state index in [9.17, 15) is 14.4 Å². The van der Waals surface area contributed by atoms with Crippen LogP contribution in [0.4, 0.5) is 0 Å². The zero-order valence-corrected chi connectivity index (χ0v) is 19.3. The number of carbonyl (C=O) groups excluding carboxylic acids is 3. The Morgan fingerprint density at radius 2 is 1.43 bits per heavy atom. The fraction of sp³-hybridized carbons (Fsp3) is 0.409. The molecule has 0 N–H and O–H groups in total. The van der Waals surface area contributed by atoms with Gasteiger partial charge in [-0.05, 0) is 30.0 Å². The Morgan fingerprint density at radius 3 is 1.83 bits per heavy atom. The first-order valence-electron chi connectivity index (χ1n) is 9.44. The molecule has 0 spiro atoms. The van der Waals surface area contributed by atoms with Crippen LogP contribution in [0.1, 0.15) is 31.7 Å². The summed E-state index contributed by atoms with van der Waals surface area (Å²) in [5, 5.41) is 0. The SMILES string of the molecule is COC(=O)C1=CN(C(CC(C)C)C(=O)OC)C=C(C(=O)OC)C1c1ccc(Br)cc1. The molecule has 162 valence electrons. The Labute approximate surface area is 184 Å². The van der Waals surface area contributed by atoms with E-state index in [1.54, 1.807) is 17.3 Å². The van der Waals surface area contributed by atoms with Crippen molar-refractivity contribution < 1.29 is 28.6 Å². The van der Waals surface area contributed by atoms with Gasteiger partial charge in [0.25, 0.3) is 0 Å². The van der Waals surface area contributed by atoms with Gasteiger partial charge in [-0.1, -0.05) is 41.9 Å². The molecule has 0 aromatic heterocycles. The van der Waals surface area contributed by atoms with E-state index in [2.05, 4.69) is 15.9 Å². The standard InChI is InChI=1S/C22H26BrNO6/c1-13(2)10-18(22(27)30-5)24-11-16(20(25)28-3)19(17(12-24)21(26)29-4)14-6-8-15(23)9-7-14/h6-9,11-13,18-19H,10H2,1-5H3. The van der Waals surface area contributed by atoms with Crippen molar-refractivity contribution in [2.24, 2.45) is 5.92 Å². The van der Waals surface area contributed by atoms with Crippen molar-refractivity contribution in [3.8, 4) is 0 Å². The van der Waals surface area contributed by atoms with Gasteiger partial charge >= 0.3 is 17.9 Å². The highest BCUT2D eigenvalue weighted by Crippen LogP contribution is 2.38. The van der Waals surface area contributed by atoms with E-state index >= 15 is 0 Å². The highest BCUT2D eigenvalue weighted by Gasteiger charge is 2.38. The lowest BCUT2D eigenvalue weighted by Gasteiger charge is -2.34. The maximum Gasteiger partial charge on any atom is 0.336 e. The van der Waals surface area contributed by atoms with Crippen molar-refractivity contribution in [2.45, 2.75) is 32.2 Å². The minimum atomic E-state index is -0.708. The number of hydrogen-bond donors (Lipinski definition) is 0. The quantitative estimate of drug-likeness (QED) is 0.436. The average molecular weight is 480 g/mol. The van der Waals surface area contributed by atoms with Crippen molar-refractivity contribution in [3.63, 3.8) is 0 Å². The van der Waals surface area contributed by atoms with Crippen molar-refractivity contribution in [3.05, 3.63) is 57.8 Å². The summed E-state index contributed by atoms with van der Waals surface area (Å²) in [6.07, 6.45) is 3.56. The summed E-state index contributed by atoms with van der Waals surface area (Å²) in [4.78, 5) is 39.4. The highest BCUT2D eigenvalue weighted by molar-refractivity contribution is 9.10. The van der Waals surface area contributed by atoms with Gasteiger partial charge < -0.3 is 19.1 Å². The number of halogens is 1. The number of rotatable bonds is 7. The fourth-order valence-corrected chi connectivity index (χ4v) is 3.63. The highest BCUT2D eigenvalue weighted by atomic mass is 79.9. The molecule has 1 aromatic rings. The number of benzene rings is 1. The molecule has 0 radical (unpaired) electrons. The molecule has 0 saturated heterocycles. The molecule has 0 aliphatic carbocycles. The molecular weight excluding hydrogens is 454 g/mol. The summed E-state index contributed by atoms with van der Waals surface area (Å²) in [5.74, 6) is -2.20. The topological polar surface area (TPSA) is 82.1 Å². The van der Waals surface area contributed by atoms with Crippen molar-refractivity contribution in [2.75, 3.05) is 21.3 Å². The van der Waals surface area contributed by atoms with Gasteiger partial charge in [0, 0.05) is 16.9 Å². The fourth-order valence-electron chi connectivity index (χ4n) is 3.37. The number of hydrogen-bond acceptors (Lipinski definition) is 7. The van der Waals surface area contributed by atoms with Crippen LogP contribution in [0.2, 0.25) is 0 Å². The second-order valence-corrected chi connectivity index (χ2v) is 8.17. The van der Waals surface area contributed by atoms with Crippen molar-refractivity contribution in [1.29, 1.82) is 0 Å². The van der Waals surface area contributed by atoms with Gasteiger partial charge in [0.05, 0.1) is 38.4 Å². The molecular formula is C22H26BrNO6. The van der Waals surface area contributed by atoms with Crippen LogP contribution in [0.25, 0.3) is 0 Å². The number of ether oxygens (including phenoxy) is 3. The molecule has 1 heterocycles. The molecule has 0 fully saturated rings. The van der Waals surface area contributed by atoms with E-state index in [4.69, 9.17) is 14.2 Å². The molecule has 2 rings (SSSR count). The molecule has 7 nitrogen and oxygen atoms in total. The maximum absolute atomic E-state index is 12.7. The second kappa shape index (κ2) is 10.4. The Kier molecular flexibility index (Phi) is 8.23. The minimum absolute atomic E-state index is 0.170. The third-order valence-electron chi connectivity index (χ3n) is 4.77. The predicted molar refractivity (Wildman–Crippen MR) is 114 cm³/mol. The van der Waals surface area contributed by atoms with E-state index in [0.29, 0.717) is 12.0 Å². The number of esters is 3. The van der Waals surface area contributed by atoms with E-state index in [0.717, 1.165) is 4.47 Å². The number of nitrogens with zero attached hydrogens (tertiary/aromatic N) is 1.